The first-order valence-electron chi connectivity index (χ1n) is 8.37. The van der Waals surface area contributed by atoms with Gasteiger partial charge in [-0.15, -0.1) is 0 Å². The van der Waals surface area contributed by atoms with Gasteiger partial charge in [-0.25, -0.2) is 0 Å². The number of aryl methyl sites for hydroxylation is 2. The Labute approximate surface area is 149 Å². The minimum atomic E-state index is -4.36. The van der Waals surface area contributed by atoms with Crippen LogP contribution >= 0.6 is 0 Å². The highest BCUT2D eigenvalue weighted by atomic mass is 19.4. The SMILES string of the molecule is Cc1noc(C)c1CC(=O)N1CCN(c2cccc(C(F)(F)F)c2)CC1. The van der Waals surface area contributed by atoms with Gasteiger partial charge in [0.05, 0.1) is 17.7 Å². The first-order chi connectivity index (χ1) is 12.3. The molecule has 8 heteroatoms. The lowest BCUT2D eigenvalue weighted by Crippen LogP contribution is -2.49. The van der Waals surface area contributed by atoms with Crippen LogP contribution in [-0.2, 0) is 17.4 Å². The van der Waals surface area contributed by atoms with E-state index in [1.165, 1.54) is 6.07 Å². The van der Waals surface area contributed by atoms with Gasteiger partial charge < -0.3 is 14.3 Å². The molecule has 1 aliphatic heterocycles. The molecule has 1 amide bonds. The van der Waals surface area contributed by atoms with E-state index in [2.05, 4.69) is 5.16 Å². The van der Waals surface area contributed by atoms with Crippen molar-refractivity contribution in [2.24, 2.45) is 0 Å². The topological polar surface area (TPSA) is 49.6 Å². The summed E-state index contributed by atoms with van der Waals surface area (Å²) < 4.78 is 43.7. The standard InChI is InChI=1S/C18H20F3N3O2/c1-12-16(13(2)26-22-12)11-17(25)24-8-6-23(7-9-24)15-5-3-4-14(10-15)18(19,20)21/h3-5,10H,6-9,11H2,1-2H3. The predicted molar refractivity (Wildman–Crippen MR) is 89.9 cm³/mol. The number of anilines is 1. The van der Waals surface area contributed by atoms with E-state index in [4.69, 9.17) is 4.52 Å². The average Bonchev–Trinajstić information content (AvgIpc) is 2.93. The van der Waals surface area contributed by atoms with Crippen LogP contribution < -0.4 is 4.90 Å². The number of nitrogens with zero attached hydrogens (tertiary/aromatic N) is 3. The van der Waals surface area contributed by atoms with Gasteiger partial charge in [-0.1, -0.05) is 11.2 Å². The Morgan fingerprint density at radius 1 is 1.19 bits per heavy atom. The first-order valence-corrected chi connectivity index (χ1v) is 8.37. The Bertz CT molecular complexity index is 774. The maximum Gasteiger partial charge on any atom is 0.416 e. The van der Waals surface area contributed by atoms with Crippen LogP contribution in [0.2, 0.25) is 0 Å². The summed E-state index contributed by atoms with van der Waals surface area (Å²) in [6.45, 7) is 5.50. The second kappa shape index (κ2) is 7.01. The molecule has 0 unspecified atom stereocenters. The van der Waals surface area contributed by atoms with Gasteiger partial charge in [-0.3, -0.25) is 4.79 Å². The Kier molecular flexibility index (Phi) is 4.93. The fraction of sp³-hybridized carbons (Fsp3) is 0.444. The van der Waals surface area contributed by atoms with Crippen molar-refractivity contribution in [2.45, 2.75) is 26.4 Å². The molecule has 5 nitrogen and oxygen atoms in total. The van der Waals surface area contributed by atoms with Gasteiger partial charge in [0, 0.05) is 37.4 Å². The van der Waals surface area contributed by atoms with Gasteiger partial charge in [0.1, 0.15) is 5.76 Å². The van der Waals surface area contributed by atoms with Crippen molar-refractivity contribution in [3.05, 3.63) is 46.8 Å². The van der Waals surface area contributed by atoms with E-state index in [-0.39, 0.29) is 12.3 Å². The third-order valence-corrected chi connectivity index (χ3v) is 4.68. The summed E-state index contributed by atoms with van der Waals surface area (Å²) in [5.41, 5.74) is 1.37. The molecule has 3 rings (SSSR count). The number of rotatable bonds is 3. The van der Waals surface area contributed by atoms with E-state index >= 15 is 0 Å². The monoisotopic (exact) mass is 367 g/mol. The van der Waals surface area contributed by atoms with Gasteiger partial charge in [0.2, 0.25) is 5.91 Å². The van der Waals surface area contributed by atoms with Crippen molar-refractivity contribution in [1.82, 2.24) is 10.1 Å². The third kappa shape index (κ3) is 3.84. The second-order valence-electron chi connectivity index (χ2n) is 6.40. The lowest BCUT2D eigenvalue weighted by molar-refractivity contribution is -0.137. The number of amides is 1. The minimum Gasteiger partial charge on any atom is -0.368 e. The van der Waals surface area contributed by atoms with Crippen molar-refractivity contribution >= 4 is 11.6 Å². The molecule has 0 atom stereocenters. The van der Waals surface area contributed by atoms with Gasteiger partial charge in [0.15, 0.2) is 0 Å². The van der Waals surface area contributed by atoms with Gasteiger partial charge in [0.25, 0.3) is 0 Å². The predicted octanol–water partition coefficient (Wildman–Crippen LogP) is 3.20. The van der Waals surface area contributed by atoms with E-state index in [9.17, 15) is 18.0 Å². The number of aromatic nitrogens is 1. The molecular formula is C18H20F3N3O2. The highest BCUT2D eigenvalue weighted by Crippen LogP contribution is 2.31. The smallest absolute Gasteiger partial charge is 0.368 e. The molecule has 1 fully saturated rings. The highest BCUT2D eigenvalue weighted by molar-refractivity contribution is 5.79. The van der Waals surface area contributed by atoms with Crippen LogP contribution in [0.4, 0.5) is 18.9 Å². The molecule has 1 saturated heterocycles. The molecule has 0 saturated carbocycles. The van der Waals surface area contributed by atoms with Crippen LogP contribution in [-0.4, -0.2) is 42.1 Å². The molecule has 1 aromatic carbocycles. The van der Waals surface area contributed by atoms with Crippen LogP contribution in [0.15, 0.2) is 28.8 Å². The van der Waals surface area contributed by atoms with E-state index in [1.807, 2.05) is 4.90 Å². The molecule has 2 aromatic rings. The number of hydrogen-bond donors (Lipinski definition) is 0. The largest absolute Gasteiger partial charge is 0.416 e. The van der Waals surface area contributed by atoms with E-state index in [1.54, 1.807) is 24.8 Å². The second-order valence-corrected chi connectivity index (χ2v) is 6.40. The molecule has 0 spiro atoms. The summed E-state index contributed by atoms with van der Waals surface area (Å²) in [6.07, 6.45) is -4.13. The van der Waals surface area contributed by atoms with Crippen molar-refractivity contribution in [2.75, 3.05) is 31.1 Å². The number of carbonyl (C=O) groups is 1. The van der Waals surface area contributed by atoms with E-state index < -0.39 is 11.7 Å². The first kappa shape index (κ1) is 18.3. The number of piperazine rings is 1. The summed E-state index contributed by atoms with van der Waals surface area (Å²) in [4.78, 5) is 16.1. The molecule has 26 heavy (non-hydrogen) atoms. The Morgan fingerprint density at radius 3 is 2.46 bits per heavy atom. The maximum atomic E-state index is 12.9. The van der Waals surface area contributed by atoms with Crippen molar-refractivity contribution in [1.29, 1.82) is 0 Å². The zero-order chi connectivity index (χ0) is 18.9. The van der Waals surface area contributed by atoms with Crippen LogP contribution in [0.25, 0.3) is 0 Å². The number of halogens is 3. The van der Waals surface area contributed by atoms with Crippen molar-refractivity contribution in [3.8, 4) is 0 Å². The Morgan fingerprint density at radius 2 is 1.88 bits per heavy atom. The zero-order valence-electron chi connectivity index (χ0n) is 14.6. The molecule has 0 N–H and O–H groups in total. The summed E-state index contributed by atoms with van der Waals surface area (Å²) in [5, 5.41) is 3.85. The summed E-state index contributed by atoms with van der Waals surface area (Å²) in [5.74, 6) is 0.613. The molecule has 1 aliphatic rings. The number of alkyl halides is 3. The van der Waals surface area contributed by atoms with Crippen molar-refractivity contribution < 1.29 is 22.5 Å². The van der Waals surface area contributed by atoms with Crippen molar-refractivity contribution in [3.63, 3.8) is 0 Å². The summed E-state index contributed by atoms with van der Waals surface area (Å²) >= 11 is 0. The quantitative estimate of drug-likeness (QED) is 0.836. The third-order valence-electron chi connectivity index (χ3n) is 4.68. The van der Waals surface area contributed by atoms with Crippen LogP contribution in [0.3, 0.4) is 0 Å². The molecule has 0 radical (unpaired) electrons. The van der Waals surface area contributed by atoms with Gasteiger partial charge in [-0.05, 0) is 32.0 Å². The maximum absolute atomic E-state index is 12.9. The average molecular weight is 367 g/mol. The summed E-state index contributed by atoms with van der Waals surface area (Å²) in [6, 6.07) is 5.29. The van der Waals surface area contributed by atoms with E-state index in [0.717, 1.165) is 17.7 Å². The number of hydrogen-bond acceptors (Lipinski definition) is 4. The summed E-state index contributed by atoms with van der Waals surface area (Å²) in [7, 11) is 0. The lowest BCUT2D eigenvalue weighted by Gasteiger charge is -2.36. The Hall–Kier alpha value is -2.51. The van der Waals surface area contributed by atoms with E-state index in [0.29, 0.717) is 43.3 Å². The molecule has 0 aliphatic carbocycles. The van der Waals surface area contributed by atoms with Crippen LogP contribution in [0.5, 0.6) is 0 Å². The molecule has 2 heterocycles. The van der Waals surface area contributed by atoms with Gasteiger partial charge in [-0.2, -0.15) is 13.2 Å². The molecule has 1 aromatic heterocycles. The van der Waals surface area contributed by atoms with Gasteiger partial charge >= 0.3 is 6.18 Å². The fourth-order valence-corrected chi connectivity index (χ4v) is 3.11. The normalized spacial score (nSPS) is 15.4. The minimum absolute atomic E-state index is 0.0249. The molecule has 140 valence electrons. The number of carbonyl (C=O) groups excluding carboxylic acids is 1. The van der Waals surface area contributed by atoms with Crippen LogP contribution in [0, 0.1) is 13.8 Å². The van der Waals surface area contributed by atoms with Crippen LogP contribution in [0.1, 0.15) is 22.6 Å². The molecular weight excluding hydrogens is 347 g/mol. The lowest BCUT2D eigenvalue weighted by atomic mass is 10.1. The fourth-order valence-electron chi connectivity index (χ4n) is 3.11. The molecule has 0 bridgehead atoms. The Balaban J connectivity index is 1.62. The number of benzene rings is 1. The zero-order valence-corrected chi connectivity index (χ0v) is 14.6. The highest BCUT2D eigenvalue weighted by Gasteiger charge is 2.31.